The Balaban J connectivity index is 1.75. The fourth-order valence-corrected chi connectivity index (χ4v) is 3.11. The lowest BCUT2D eigenvalue weighted by Crippen LogP contribution is -2.15. The molecule has 114 valence electrons. The fraction of sp³-hybridized carbons (Fsp3) is 0.529. The van der Waals surface area contributed by atoms with Gasteiger partial charge in [-0.25, -0.2) is 0 Å². The number of carbonyl (C=O) groups excluding carboxylic acids is 1. The summed E-state index contributed by atoms with van der Waals surface area (Å²) in [5, 5.41) is 2.96. The Labute approximate surface area is 132 Å². The molecule has 4 heteroatoms. The van der Waals surface area contributed by atoms with Gasteiger partial charge in [0.15, 0.2) is 0 Å². The molecule has 0 heterocycles. The van der Waals surface area contributed by atoms with Gasteiger partial charge in [0.1, 0.15) is 0 Å². The van der Waals surface area contributed by atoms with Crippen LogP contribution < -0.4 is 11.1 Å². The summed E-state index contributed by atoms with van der Waals surface area (Å²) in [6.07, 6.45) is 8.85. The van der Waals surface area contributed by atoms with Gasteiger partial charge in [-0.2, -0.15) is 0 Å². The number of nitrogens with one attached hydrogen (secondary N) is 1. The molecule has 1 aromatic carbocycles. The zero-order chi connectivity index (χ0) is 15.1. The van der Waals surface area contributed by atoms with Crippen LogP contribution in [-0.4, -0.2) is 10.9 Å². The second kappa shape index (κ2) is 8.13. The number of thiocarbonyl (C=S) groups is 1. The highest BCUT2D eigenvalue weighted by Gasteiger charge is 2.14. The summed E-state index contributed by atoms with van der Waals surface area (Å²) in [5.74, 6) is 0.861. The molecule has 1 aliphatic rings. The topological polar surface area (TPSA) is 55.1 Å². The molecule has 2 rings (SSSR count). The maximum atomic E-state index is 12.0. The predicted octanol–water partition coefficient (Wildman–Crippen LogP) is 3.81. The molecular weight excluding hydrogens is 280 g/mol. The molecule has 0 radical (unpaired) electrons. The summed E-state index contributed by atoms with van der Waals surface area (Å²) < 4.78 is 0. The molecule has 0 bridgehead atoms. The standard InChI is InChI=1S/C17H24N2OS/c18-16(21)12-14-6-9-15(10-7-14)19-17(20)11-8-13-4-2-1-3-5-13/h6-7,9-10,13H,1-5,8,11-12H2,(H2,18,21)(H,19,20). The lowest BCUT2D eigenvalue weighted by atomic mass is 9.86. The van der Waals surface area contributed by atoms with Gasteiger partial charge in [-0.1, -0.05) is 56.5 Å². The van der Waals surface area contributed by atoms with E-state index in [1.54, 1.807) is 0 Å². The molecule has 0 unspecified atom stereocenters. The van der Waals surface area contributed by atoms with Gasteiger partial charge in [-0.05, 0) is 30.0 Å². The lowest BCUT2D eigenvalue weighted by Gasteiger charge is -2.21. The summed E-state index contributed by atoms with van der Waals surface area (Å²) in [4.78, 5) is 12.5. The summed E-state index contributed by atoms with van der Waals surface area (Å²) in [7, 11) is 0. The molecule has 3 N–H and O–H groups in total. The SMILES string of the molecule is NC(=S)Cc1ccc(NC(=O)CCC2CCCCC2)cc1. The monoisotopic (exact) mass is 304 g/mol. The highest BCUT2D eigenvalue weighted by atomic mass is 32.1. The van der Waals surface area contributed by atoms with E-state index in [2.05, 4.69) is 5.32 Å². The van der Waals surface area contributed by atoms with Gasteiger partial charge >= 0.3 is 0 Å². The molecule has 1 aliphatic carbocycles. The maximum absolute atomic E-state index is 12.0. The van der Waals surface area contributed by atoms with Gasteiger partial charge in [-0.3, -0.25) is 4.79 Å². The third kappa shape index (κ3) is 5.84. The van der Waals surface area contributed by atoms with Crippen LogP contribution in [0.2, 0.25) is 0 Å². The molecular formula is C17H24N2OS. The third-order valence-corrected chi connectivity index (χ3v) is 4.26. The van der Waals surface area contributed by atoms with Crippen LogP contribution in [0, 0.1) is 5.92 Å². The first-order chi connectivity index (χ1) is 10.1. The van der Waals surface area contributed by atoms with Crippen molar-refractivity contribution in [1.82, 2.24) is 0 Å². The highest BCUT2D eigenvalue weighted by Crippen LogP contribution is 2.27. The first-order valence-corrected chi connectivity index (χ1v) is 8.21. The van der Waals surface area contributed by atoms with Crippen LogP contribution in [0.3, 0.4) is 0 Å². The minimum Gasteiger partial charge on any atom is -0.393 e. The molecule has 0 aromatic heterocycles. The predicted molar refractivity (Wildman–Crippen MR) is 91.4 cm³/mol. The molecule has 0 aliphatic heterocycles. The fourth-order valence-electron chi connectivity index (χ4n) is 2.94. The smallest absolute Gasteiger partial charge is 0.224 e. The third-order valence-electron chi connectivity index (χ3n) is 4.12. The van der Waals surface area contributed by atoms with Crippen LogP contribution in [0.25, 0.3) is 0 Å². The zero-order valence-electron chi connectivity index (χ0n) is 12.4. The molecule has 1 amide bonds. The summed E-state index contributed by atoms with van der Waals surface area (Å²) in [5.41, 5.74) is 7.43. The van der Waals surface area contributed by atoms with Crippen LogP contribution in [0.15, 0.2) is 24.3 Å². The van der Waals surface area contributed by atoms with Crippen LogP contribution in [0.4, 0.5) is 5.69 Å². The Morgan fingerprint density at radius 3 is 2.48 bits per heavy atom. The van der Waals surface area contributed by atoms with Gasteiger partial charge < -0.3 is 11.1 Å². The number of benzene rings is 1. The van der Waals surface area contributed by atoms with Crippen LogP contribution in [0.5, 0.6) is 0 Å². The van der Waals surface area contributed by atoms with E-state index in [1.807, 2.05) is 24.3 Å². The van der Waals surface area contributed by atoms with E-state index in [-0.39, 0.29) is 5.91 Å². The average Bonchev–Trinajstić information content (AvgIpc) is 2.48. The Hall–Kier alpha value is -1.42. The number of rotatable bonds is 6. The molecule has 1 fully saturated rings. The number of nitrogens with two attached hydrogens (primary N) is 1. The second-order valence-corrected chi connectivity index (χ2v) is 6.46. The number of amides is 1. The van der Waals surface area contributed by atoms with E-state index in [1.165, 1.54) is 32.1 Å². The van der Waals surface area contributed by atoms with Gasteiger partial charge in [0.2, 0.25) is 5.91 Å². The number of hydrogen-bond acceptors (Lipinski definition) is 2. The molecule has 0 saturated heterocycles. The van der Waals surface area contributed by atoms with E-state index >= 15 is 0 Å². The van der Waals surface area contributed by atoms with Crippen LogP contribution >= 0.6 is 12.2 Å². The molecule has 1 saturated carbocycles. The largest absolute Gasteiger partial charge is 0.393 e. The minimum atomic E-state index is 0.114. The molecule has 0 atom stereocenters. The number of carbonyl (C=O) groups is 1. The van der Waals surface area contributed by atoms with E-state index in [0.29, 0.717) is 17.8 Å². The van der Waals surface area contributed by atoms with Crippen molar-refractivity contribution in [2.45, 2.75) is 51.4 Å². The van der Waals surface area contributed by atoms with Crippen molar-refractivity contribution >= 4 is 28.8 Å². The zero-order valence-corrected chi connectivity index (χ0v) is 13.3. The minimum absolute atomic E-state index is 0.114. The van der Waals surface area contributed by atoms with E-state index in [9.17, 15) is 4.79 Å². The van der Waals surface area contributed by atoms with E-state index in [4.69, 9.17) is 18.0 Å². The quantitative estimate of drug-likeness (QED) is 0.786. The van der Waals surface area contributed by atoms with Gasteiger partial charge in [0.05, 0.1) is 4.99 Å². The van der Waals surface area contributed by atoms with Gasteiger partial charge in [0.25, 0.3) is 0 Å². The molecule has 21 heavy (non-hydrogen) atoms. The van der Waals surface area contributed by atoms with E-state index in [0.717, 1.165) is 23.6 Å². The van der Waals surface area contributed by atoms with Crippen molar-refractivity contribution in [2.75, 3.05) is 5.32 Å². The van der Waals surface area contributed by atoms with E-state index < -0.39 is 0 Å². The maximum Gasteiger partial charge on any atom is 0.224 e. The number of anilines is 1. The van der Waals surface area contributed by atoms with Crippen molar-refractivity contribution in [2.24, 2.45) is 11.7 Å². The highest BCUT2D eigenvalue weighted by molar-refractivity contribution is 7.80. The summed E-state index contributed by atoms with van der Waals surface area (Å²) in [6.45, 7) is 0. The van der Waals surface area contributed by atoms with Crippen molar-refractivity contribution in [3.05, 3.63) is 29.8 Å². The van der Waals surface area contributed by atoms with Gasteiger partial charge in [0, 0.05) is 18.5 Å². The Morgan fingerprint density at radius 1 is 1.19 bits per heavy atom. The first kappa shape index (κ1) is 16.0. The Morgan fingerprint density at radius 2 is 1.86 bits per heavy atom. The summed E-state index contributed by atoms with van der Waals surface area (Å²) >= 11 is 4.88. The first-order valence-electron chi connectivity index (χ1n) is 7.80. The lowest BCUT2D eigenvalue weighted by molar-refractivity contribution is -0.116. The summed E-state index contributed by atoms with van der Waals surface area (Å²) in [6, 6.07) is 7.73. The molecule has 0 spiro atoms. The average molecular weight is 304 g/mol. The van der Waals surface area contributed by atoms with Crippen LogP contribution in [-0.2, 0) is 11.2 Å². The van der Waals surface area contributed by atoms with Gasteiger partial charge in [-0.15, -0.1) is 0 Å². The van der Waals surface area contributed by atoms with Crippen molar-refractivity contribution < 1.29 is 4.79 Å². The van der Waals surface area contributed by atoms with Crippen molar-refractivity contribution in [1.29, 1.82) is 0 Å². The van der Waals surface area contributed by atoms with Crippen LogP contribution in [0.1, 0.15) is 50.5 Å². The second-order valence-electron chi connectivity index (χ2n) is 5.93. The Bertz CT molecular complexity index is 478. The van der Waals surface area contributed by atoms with Crippen molar-refractivity contribution in [3.63, 3.8) is 0 Å². The Kier molecular flexibility index (Phi) is 6.18. The number of hydrogen-bond donors (Lipinski definition) is 2. The molecule has 1 aromatic rings. The normalized spacial score (nSPS) is 15.6. The van der Waals surface area contributed by atoms with Crippen molar-refractivity contribution in [3.8, 4) is 0 Å². The molecule has 3 nitrogen and oxygen atoms in total.